The van der Waals surface area contributed by atoms with E-state index in [2.05, 4.69) is 24.1 Å². The van der Waals surface area contributed by atoms with Gasteiger partial charge >= 0.3 is 0 Å². The molecule has 3 nitrogen and oxygen atoms in total. The molecule has 0 amide bonds. The van der Waals surface area contributed by atoms with Crippen LogP contribution in [0.3, 0.4) is 0 Å². The van der Waals surface area contributed by atoms with E-state index in [-0.39, 0.29) is 0 Å². The molecule has 0 saturated heterocycles. The van der Waals surface area contributed by atoms with Crippen molar-refractivity contribution in [3.05, 3.63) is 23.0 Å². The van der Waals surface area contributed by atoms with Crippen LogP contribution in [0.1, 0.15) is 42.5 Å². The van der Waals surface area contributed by atoms with E-state index in [1.165, 1.54) is 36.9 Å². The number of hydrogen-bond donors (Lipinski definition) is 1. The van der Waals surface area contributed by atoms with Crippen LogP contribution >= 0.6 is 0 Å². The number of aromatic nitrogens is 1. The number of rotatable bonds is 6. The smallest absolute Gasteiger partial charge is 0.128 e. The van der Waals surface area contributed by atoms with Crippen molar-refractivity contribution in [3.63, 3.8) is 0 Å². The quantitative estimate of drug-likeness (QED) is 0.854. The van der Waals surface area contributed by atoms with E-state index in [4.69, 9.17) is 4.74 Å². The zero-order valence-electron chi connectivity index (χ0n) is 12.3. The number of pyridine rings is 1. The molecule has 1 aromatic rings. The van der Waals surface area contributed by atoms with Gasteiger partial charge in [0.25, 0.3) is 0 Å². The Hall–Kier alpha value is -1.09. The first-order valence-corrected chi connectivity index (χ1v) is 7.36. The Labute approximate surface area is 115 Å². The highest BCUT2D eigenvalue weighted by atomic mass is 16.5. The second-order valence-electron chi connectivity index (χ2n) is 6.38. The Balaban J connectivity index is 1.71. The average Bonchev–Trinajstić information content (AvgIpc) is 3.27. The second-order valence-corrected chi connectivity index (χ2v) is 6.38. The molecule has 2 aliphatic rings. The van der Waals surface area contributed by atoms with Gasteiger partial charge in [-0.05, 0) is 51.4 Å². The van der Waals surface area contributed by atoms with Crippen LogP contribution in [-0.2, 0) is 6.42 Å². The van der Waals surface area contributed by atoms with Crippen LogP contribution in [0.2, 0.25) is 0 Å². The minimum absolute atomic E-state index is 0.473. The number of nitrogens with one attached hydrogen (secondary N) is 1. The average molecular weight is 260 g/mol. The Morgan fingerprint density at radius 1 is 1.37 bits per heavy atom. The van der Waals surface area contributed by atoms with Crippen LogP contribution in [0, 0.1) is 19.3 Å². The van der Waals surface area contributed by atoms with Crippen molar-refractivity contribution >= 4 is 0 Å². The van der Waals surface area contributed by atoms with Gasteiger partial charge in [0.15, 0.2) is 0 Å². The molecule has 3 heteroatoms. The largest absolute Gasteiger partial charge is 0.496 e. The maximum absolute atomic E-state index is 5.50. The first-order valence-electron chi connectivity index (χ1n) is 7.36. The molecule has 2 saturated carbocycles. The minimum atomic E-state index is 0.473. The van der Waals surface area contributed by atoms with Crippen LogP contribution in [0.25, 0.3) is 0 Å². The van der Waals surface area contributed by atoms with Crippen molar-refractivity contribution in [3.8, 4) is 5.75 Å². The van der Waals surface area contributed by atoms with Crippen LogP contribution < -0.4 is 10.1 Å². The van der Waals surface area contributed by atoms with Crippen LogP contribution in [-0.4, -0.2) is 24.7 Å². The first kappa shape index (κ1) is 12.9. The molecule has 19 heavy (non-hydrogen) atoms. The summed E-state index contributed by atoms with van der Waals surface area (Å²) in [5.41, 5.74) is 4.04. The van der Waals surface area contributed by atoms with Gasteiger partial charge in [-0.2, -0.15) is 0 Å². The fourth-order valence-corrected chi connectivity index (χ4v) is 2.85. The highest BCUT2D eigenvalue weighted by molar-refractivity contribution is 5.41. The zero-order chi connectivity index (χ0) is 13.5. The van der Waals surface area contributed by atoms with E-state index in [0.29, 0.717) is 5.41 Å². The van der Waals surface area contributed by atoms with Crippen molar-refractivity contribution in [2.24, 2.45) is 5.41 Å². The summed E-state index contributed by atoms with van der Waals surface area (Å²) in [5, 5.41) is 3.68. The highest BCUT2D eigenvalue weighted by Crippen LogP contribution is 2.48. The third-order valence-corrected chi connectivity index (χ3v) is 4.59. The summed E-state index contributed by atoms with van der Waals surface area (Å²) in [5.74, 6) is 1.01. The molecule has 2 fully saturated rings. The van der Waals surface area contributed by atoms with Crippen molar-refractivity contribution in [1.82, 2.24) is 10.3 Å². The predicted octanol–water partition coefficient (Wildman–Crippen LogP) is 2.78. The Morgan fingerprint density at radius 3 is 2.68 bits per heavy atom. The van der Waals surface area contributed by atoms with E-state index in [0.717, 1.165) is 30.3 Å². The molecular formula is C16H24N2O. The number of aryl methyl sites for hydroxylation is 1. The Morgan fingerprint density at radius 2 is 2.11 bits per heavy atom. The summed E-state index contributed by atoms with van der Waals surface area (Å²) >= 11 is 0. The predicted molar refractivity (Wildman–Crippen MR) is 76.7 cm³/mol. The highest BCUT2D eigenvalue weighted by Gasteiger charge is 2.44. The molecule has 0 aliphatic heterocycles. The van der Waals surface area contributed by atoms with Crippen molar-refractivity contribution in [1.29, 1.82) is 0 Å². The standard InChI is InChI=1S/C16H24N2O/c1-11-9-17-14(12(2)15(11)19-3)8-16(6-7-16)10-18-13-4-5-13/h9,13,18H,4-8,10H2,1-3H3. The topological polar surface area (TPSA) is 34.1 Å². The van der Waals surface area contributed by atoms with Gasteiger partial charge in [0.1, 0.15) is 5.75 Å². The van der Waals surface area contributed by atoms with Gasteiger partial charge in [0.2, 0.25) is 0 Å². The number of methoxy groups -OCH3 is 1. The summed E-state index contributed by atoms with van der Waals surface area (Å²) in [6, 6.07) is 0.805. The molecule has 3 rings (SSSR count). The second kappa shape index (κ2) is 4.78. The molecule has 0 unspecified atom stereocenters. The van der Waals surface area contributed by atoms with Gasteiger partial charge in [-0.25, -0.2) is 0 Å². The minimum Gasteiger partial charge on any atom is -0.496 e. The van der Waals surface area contributed by atoms with Gasteiger partial charge in [-0.1, -0.05) is 0 Å². The van der Waals surface area contributed by atoms with Crippen molar-refractivity contribution in [2.45, 2.75) is 52.0 Å². The molecule has 104 valence electrons. The van der Waals surface area contributed by atoms with Gasteiger partial charge in [0.05, 0.1) is 7.11 Å². The van der Waals surface area contributed by atoms with Gasteiger partial charge < -0.3 is 10.1 Å². The molecule has 1 N–H and O–H groups in total. The van der Waals surface area contributed by atoms with Gasteiger partial charge in [-0.15, -0.1) is 0 Å². The Bertz CT molecular complexity index is 476. The lowest BCUT2D eigenvalue weighted by atomic mass is 9.96. The molecule has 0 aromatic carbocycles. The normalized spacial score (nSPS) is 20.4. The summed E-state index contributed by atoms with van der Waals surface area (Å²) in [7, 11) is 1.75. The van der Waals surface area contributed by atoms with Crippen LogP contribution in [0.15, 0.2) is 6.20 Å². The fraction of sp³-hybridized carbons (Fsp3) is 0.688. The summed E-state index contributed by atoms with van der Waals surface area (Å²) in [6.07, 6.45) is 8.45. The van der Waals surface area contributed by atoms with Crippen LogP contribution in [0.4, 0.5) is 0 Å². The summed E-state index contributed by atoms with van der Waals surface area (Å²) in [4.78, 5) is 4.65. The fourth-order valence-electron chi connectivity index (χ4n) is 2.85. The van der Waals surface area contributed by atoms with E-state index in [1.807, 2.05) is 6.20 Å². The third-order valence-electron chi connectivity index (χ3n) is 4.59. The lowest BCUT2D eigenvalue weighted by Gasteiger charge is -2.18. The Kier molecular flexibility index (Phi) is 3.25. The lowest BCUT2D eigenvalue weighted by Crippen LogP contribution is -2.27. The van der Waals surface area contributed by atoms with Crippen molar-refractivity contribution in [2.75, 3.05) is 13.7 Å². The van der Waals surface area contributed by atoms with Crippen molar-refractivity contribution < 1.29 is 4.74 Å². The molecular weight excluding hydrogens is 236 g/mol. The molecule has 2 aliphatic carbocycles. The monoisotopic (exact) mass is 260 g/mol. The number of nitrogens with zero attached hydrogens (tertiary/aromatic N) is 1. The first-order chi connectivity index (χ1) is 9.13. The van der Waals surface area contributed by atoms with Gasteiger partial charge in [-0.3, -0.25) is 4.98 Å². The number of hydrogen-bond acceptors (Lipinski definition) is 3. The summed E-state index contributed by atoms with van der Waals surface area (Å²) < 4.78 is 5.50. The van der Waals surface area contributed by atoms with E-state index in [1.54, 1.807) is 7.11 Å². The van der Waals surface area contributed by atoms with E-state index >= 15 is 0 Å². The van der Waals surface area contributed by atoms with Crippen LogP contribution in [0.5, 0.6) is 5.75 Å². The zero-order valence-corrected chi connectivity index (χ0v) is 12.3. The molecule has 1 aromatic heterocycles. The SMILES string of the molecule is COc1c(C)cnc(CC2(CNC3CC3)CC2)c1C. The maximum atomic E-state index is 5.50. The maximum Gasteiger partial charge on any atom is 0.128 e. The number of ether oxygens (including phenoxy) is 1. The van der Waals surface area contributed by atoms with E-state index < -0.39 is 0 Å². The molecule has 1 heterocycles. The molecule has 0 spiro atoms. The lowest BCUT2D eigenvalue weighted by molar-refractivity contribution is 0.403. The molecule has 0 bridgehead atoms. The third kappa shape index (κ3) is 2.76. The van der Waals surface area contributed by atoms with E-state index in [9.17, 15) is 0 Å². The van der Waals surface area contributed by atoms with Gasteiger partial charge in [0, 0.05) is 35.6 Å². The molecule has 0 radical (unpaired) electrons. The molecule has 0 atom stereocenters. The summed E-state index contributed by atoms with van der Waals surface area (Å²) in [6.45, 7) is 5.36.